The maximum Gasteiger partial charge on any atom is 0.331 e. The summed E-state index contributed by atoms with van der Waals surface area (Å²) in [6.45, 7) is 1.43. The first-order chi connectivity index (χ1) is 13.4. The average Bonchev–Trinajstić information content (AvgIpc) is 2.68. The molecule has 3 rings (SSSR count). The smallest absolute Gasteiger partial charge is 0.331 e. The van der Waals surface area contributed by atoms with Gasteiger partial charge in [-0.3, -0.25) is 9.78 Å². The number of esters is 1. The summed E-state index contributed by atoms with van der Waals surface area (Å²) < 4.78 is 5.07. The van der Waals surface area contributed by atoms with Crippen LogP contribution in [0.25, 0.3) is 17.1 Å². The van der Waals surface area contributed by atoms with Crippen LogP contribution in [0.15, 0.2) is 48.8 Å². The van der Waals surface area contributed by atoms with Crippen molar-refractivity contribution in [1.82, 2.24) is 15.0 Å². The number of aromatic nitrogens is 3. The molecule has 0 saturated heterocycles. The third kappa shape index (κ3) is 5.03. The lowest BCUT2D eigenvalue weighted by atomic mass is 10.3. The molecule has 0 fully saturated rings. The van der Waals surface area contributed by atoms with Crippen molar-refractivity contribution in [2.24, 2.45) is 0 Å². The normalized spacial score (nSPS) is 12.1. The molecule has 1 N–H and O–H groups in total. The van der Waals surface area contributed by atoms with Crippen LogP contribution in [-0.2, 0) is 14.3 Å². The SMILES string of the molecule is CC(OC(=O)/C=C/c1cnc2ccccc2n1)C(=O)Nc1ncc(Cl)cc1Cl. The lowest BCUT2D eigenvalue weighted by Gasteiger charge is -2.12. The van der Waals surface area contributed by atoms with Crippen LogP contribution in [0.1, 0.15) is 12.6 Å². The van der Waals surface area contributed by atoms with Crippen LogP contribution >= 0.6 is 23.2 Å². The molecule has 2 aromatic heterocycles. The van der Waals surface area contributed by atoms with Gasteiger partial charge in [-0.1, -0.05) is 35.3 Å². The van der Waals surface area contributed by atoms with Gasteiger partial charge < -0.3 is 10.1 Å². The number of rotatable bonds is 5. The van der Waals surface area contributed by atoms with Gasteiger partial charge in [-0.25, -0.2) is 14.8 Å². The first-order valence-corrected chi connectivity index (χ1v) is 8.90. The summed E-state index contributed by atoms with van der Waals surface area (Å²) >= 11 is 11.7. The molecule has 0 bridgehead atoms. The van der Waals surface area contributed by atoms with E-state index < -0.39 is 18.0 Å². The fraction of sp³-hybridized carbons (Fsp3) is 0.105. The Kier molecular flexibility index (Phi) is 6.18. The van der Waals surface area contributed by atoms with Crippen LogP contribution in [-0.4, -0.2) is 32.9 Å². The number of benzene rings is 1. The van der Waals surface area contributed by atoms with E-state index >= 15 is 0 Å². The molecule has 1 unspecified atom stereocenters. The number of fused-ring (bicyclic) bond motifs is 1. The minimum absolute atomic E-state index is 0.126. The number of nitrogens with zero attached hydrogens (tertiary/aromatic N) is 3. The van der Waals surface area contributed by atoms with Gasteiger partial charge >= 0.3 is 5.97 Å². The van der Waals surface area contributed by atoms with Crippen LogP contribution in [0, 0.1) is 0 Å². The number of pyridine rings is 1. The Hall–Kier alpha value is -3.03. The van der Waals surface area contributed by atoms with Crippen LogP contribution < -0.4 is 5.32 Å². The van der Waals surface area contributed by atoms with Gasteiger partial charge in [0.25, 0.3) is 5.91 Å². The Morgan fingerprint density at radius 1 is 1.14 bits per heavy atom. The van der Waals surface area contributed by atoms with E-state index in [1.165, 1.54) is 37.5 Å². The van der Waals surface area contributed by atoms with Crippen molar-refractivity contribution >= 4 is 58.0 Å². The molecule has 0 aliphatic carbocycles. The van der Waals surface area contributed by atoms with Gasteiger partial charge in [0.2, 0.25) is 0 Å². The van der Waals surface area contributed by atoms with Crippen LogP contribution in [0.5, 0.6) is 0 Å². The third-order valence-electron chi connectivity index (χ3n) is 3.57. The van der Waals surface area contributed by atoms with E-state index in [1.807, 2.05) is 24.3 Å². The summed E-state index contributed by atoms with van der Waals surface area (Å²) in [4.78, 5) is 36.6. The molecule has 2 heterocycles. The lowest BCUT2D eigenvalue weighted by Crippen LogP contribution is -2.29. The van der Waals surface area contributed by atoms with E-state index in [2.05, 4.69) is 20.3 Å². The predicted molar refractivity (Wildman–Crippen MR) is 107 cm³/mol. The number of para-hydroxylation sites is 2. The zero-order chi connectivity index (χ0) is 20.1. The molecule has 9 heteroatoms. The molecule has 0 aliphatic rings. The van der Waals surface area contributed by atoms with Gasteiger partial charge in [-0.2, -0.15) is 0 Å². The van der Waals surface area contributed by atoms with Gasteiger partial charge in [-0.05, 0) is 31.2 Å². The predicted octanol–water partition coefficient (Wildman–Crippen LogP) is 3.92. The summed E-state index contributed by atoms with van der Waals surface area (Å²) in [5.74, 6) is -1.15. The zero-order valence-corrected chi connectivity index (χ0v) is 16.1. The first kappa shape index (κ1) is 19.7. The number of halogens is 2. The van der Waals surface area contributed by atoms with Gasteiger partial charge in [0, 0.05) is 12.3 Å². The fourth-order valence-corrected chi connectivity index (χ4v) is 2.62. The number of anilines is 1. The number of carbonyl (C=O) groups excluding carboxylic acids is 2. The maximum atomic E-state index is 12.1. The van der Waals surface area contributed by atoms with Crippen molar-refractivity contribution < 1.29 is 14.3 Å². The number of nitrogens with one attached hydrogen (secondary N) is 1. The minimum atomic E-state index is -1.06. The van der Waals surface area contributed by atoms with Gasteiger partial charge in [0.05, 0.1) is 33.0 Å². The van der Waals surface area contributed by atoms with Crippen molar-refractivity contribution in [3.8, 4) is 0 Å². The van der Waals surface area contributed by atoms with Crippen LogP contribution in [0.3, 0.4) is 0 Å². The number of carbonyl (C=O) groups is 2. The molecular weight excluding hydrogens is 403 g/mol. The standard InChI is InChI=1S/C19H14Cl2N4O3/c1-11(19(27)25-18-14(21)8-12(20)9-23-18)28-17(26)7-6-13-10-22-15-4-2-3-5-16(15)24-13/h2-11H,1H3,(H,23,25,27)/b7-6+. The van der Waals surface area contributed by atoms with Gasteiger partial charge in [0.1, 0.15) is 0 Å². The monoisotopic (exact) mass is 416 g/mol. The third-order valence-corrected chi connectivity index (χ3v) is 4.06. The molecule has 1 atom stereocenters. The van der Waals surface area contributed by atoms with Crippen molar-refractivity contribution in [2.45, 2.75) is 13.0 Å². The van der Waals surface area contributed by atoms with Crippen molar-refractivity contribution in [1.29, 1.82) is 0 Å². The number of amides is 1. The van der Waals surface area contributed by atoms with E-state index in [0.29, 0.717) is 16.2 Å². The second-order valence-electron chi connectivity index (χ2n) is 5.67. The highest BCUT2D eigenvalue weighted by atomic mass is 35.5. The number of hydrogen-bond acceptors (Lipinski definition) is 6. The van der Waals surface area contributed by atoms with Crippen molar-refractivity contribution in [3.05, 3.63) is 64.5 Å². The molecule has 3 aromatic rings. The Balaban J connectivity index is 1.59. The highest BCUT2D eigenvalue weighted by Crippen LogP contribution is 2.22. The highest BCUT2D eigenvalue weighted by molar-refractivity contribution is 6.36. The largest absolute Gasteiger partial charge is 0.449 e. The topological polar surface area (TPSA) is 94.1 Å². The number of hydrogen-bond donors (Lipinski definition) is 1. The molecule has 0 saturated carbocycles. The van der Waals surface area contributed by atoms with Gasteiger partial charge in [-0.15, -0.1) is 0 Å². The van der Waals surface area contributed by atoms with E-state index in [4.69, 9.17) is 27.9 Å². The van der Waals surface area contributed by atoms with Gasteiger partial charge in [0.15, 0.2) is 11.9 Å². The average molecular weight is 417 g/mol. The Labute approximate surface area is 170 Å². The second-order valence-corrected chi connectivity index (χ2v) is 6.51. The Morgan fingerprint density at radius 3 is 2.64 bits per heavy atom. The Morgan fingerprint density at radius 2 is 1.89 bits per heavy atom. The lowest BCUT2D eigenvalue weighted by molar-refractivity contribution is -0.148. The number of ether oxygens (including phenoxy) is 1. The summed E-state index contributed by atoms with van der Waals surface area (Å²) in [7, 11) is 0. The summed E-state index contributed by atoms with van der Waals surface area (Å²) in [5.41, 5.74) is 1.95. The fourth-order valence-electron chi connectivity index (χ4n) is 2.20. The molecule has 0 spiro atoms. The van der Waals surface area contributed by atoms with E-state index in [0.717, 1.165) is 5.52 Å². The second kappa shape index (κ2) is 8.77. The van der Waals surface area contributed by atoms with E-state index in [9.17, 15) is 9.59 Å². The van der Waals surface area contributed by atoms with Crippen LogP contribution in [0.4, 0.5) is 5.82 Å². The molecular formula is C19H14Cl2N4O3. The summed E-state index contributed by atoms with van der Waals surface area (Å²) in [6, 6.07) is 8.81. The molecule has 1 amide bonds. The zero-order valence-electron chi connectivity index (χ0n) is 14.6. The molecule has 7 nitrogen and oxygen atoms in total. The quantitative estimate of drug-likeness (QED) is 0.500. The molecule has 0 radical (unpaired) electrons. The molecule has 142 valence electrons. The minimum Gasteiger partial charge on any atom is -0.449 e. The Bertz CT molecular complexity index is 1070. The van der Waals surface area contributed by atoms with Crippen LogP contribution in [0.2, 0.25) is 10.0 Å². The van der Waals surface area contributed by atoms with E-state index in [1.54, 1.807) is 0 Å². The first-order valence-electron chi connectivity index (χ1n) is 8.15. The van der Waals surface area contributed by atoms with Crippen molar-refractivity contribution in [2.75, 3.05) is 5.32 Å². The maximum absolute atomic E-state index is 12.1. The molecule has 0 aliphatic heterocycles. The van der Waals surface area contributed by atoms with E-state index in [-0.39, 0.29) is 10.8 Å². The highest BCUT2D eigenvalue weighted by Gasteiger charge is 2.18. The molecule has 1 aromatic carbocycles. The summed E-state index contributed by atoms with van der Waals surface area (Å²) in [6.07, 6.45) is 4.46. The van der Waals surface area contributed by atoms with Crippen molar-refractivity contribution in [3.63, 3.8) is 0 Å². The summed E-state index contributed by atoms with van der Waals surface area (Å²) in [5, 5.41) is 2.98. The molecule has 28 heavy (non-hydrogen) atoms.